The van der Waals surface area contributed by atoms with E-state index in [1.807, 2.05) is 0 Å². The van der Waals surface area contributed by atoms with Gasteiger partial charge in [-0.1, -0.05) is 11.6 Å². The predicted molar refractivity (Wildman–Crippen MR) is 100 cm³/mol. The van der Waals surface area contributed by atoms with Crippen LogP contribution in [-0.2, 0) is 19.1 Å². The van der Waals surface area contributed by atoms with Gasteiger partial charge >= 0.3 is 12.1 Å². The van der Waals surface area contributed by atoms with Crippen LogP contribution in [0, 0.1) is 5.92 Å². The van der Waals surface area contributed by atoms with Gasteiger partial charge in [0.1, 0.15) is 17.3 Å². The van der Waals surface area contributed by atoms with E-state index in [1.54, 1.807) is 39.0 Å². The van der Waals surface area contributed by atoms with Crippen LogP contribution in [0.2, 0.25) is 5.02 Å². The first-order chi connectivity index (χ1) is 12.6. The fraction of sp³-hybridized carbons (Fsp3) is 0.526. The van der Waals surface area contributed by atoms with Crippen molar-refractivity contribution in [2.75, 3.05) is 19.1 Å². The maximum absolute atomic E-state index is 12.9. The molecular weight excluding hydrogens is 374 g/mol. The molecule has 8 heteroatoms. The smallest absolute Gasteiger partial charge is 0.415 e. The third-order valence-electron chi connectivity index (χ3n) is 4.20. The molecule has 1 fully saturated rings. The van der Waals surface area contributed by atoms with Gasteiger partial charge in [-0.05, 0) is 45.7 Å². The number of methoxy groups -OCH3 is 2. The predicted octanol–water partition coefficient (Wildman–Crippen LogP) is 3.61. The number of hydrogen-bond donors (Lipinski definition) is 0. The van der Waals surface area contributed by atoms with Crippen molar-refractivity contribution in [1.82, 2.24) is 0 Å². The summed E-state index contributed by atoms with van der Waals surface area (Å²) < 4.78 is 15.4. The Labute approximate surface area is 163 Å². The van der Waals surface area contributed by atoms with Crippen LogP contribution in [0.3, 0.4) is 0 Å². The van der Waals surface area contributed by atoms with Crippen LogP contribution in [0.15, 0.2) is 18.2 Å². The Bertz CT molecular complexity index is 742. The van der Waals surface area contributed by atoms with Crippen LogP contribution in [0.5, 0.6) is 5.75 Å². The largest absolute Gasteiger partial charge is 0.497 e. The minimum atomic E-state index is -0.908. The Hall–Kier alpha value is -2.28. The minimum Gasteiger partial charge on any atom is -0.497 e. The Morgan fingerprint density at radius 1 is 1.19 bits per heavy atom. The van der Waals surface area contributed by atoms with Gasteiger partial charge in [0.05, 0.1) is 31.0 Å². The Morgan fingerprint density at radius 2 is 1.85 bits per heavy atom. The van der Waals surface area contributed by atoms with E-state index in [1.165, 1.54) is 19.1 Å². The van der Waals surface area contributed by atoms with E-state index in [0.29, 0.717) is 12.2 Å². The molecule has 0 heterocycles. The van der Waals surface area contributed by atoms with Crippen molar-refractivity contribution in [1.29, 1.82) is 0 Å². The summed E-state index contributed by atoms with van der Waals surface area (Å²) in [5, 5.41) is 0.260. The summed E-state index contributed by atoms with van der Waals surface area (Å²) in [6, 6.07) is 3.90. The zero-order chi connectivity index (χ0) is 20.4. The van der Waals surface area contributed by atoms with Gasteiger partial charge in [0.25, 0.3) is 0 Å². The highest BCUT2D eigenvalue weighted by Gasteiger charge is 2.45. The van der Waals surface area contributed by atoms with E-state index < -0.39 is 35.4 Å². The standard InChI is InChI=1S/C19H24ClNO6/c1-19(2,3)27-18(24)21(15-10-11(25-4)6-8-13(15)20)14-9-7-12(16(14)22)17(23)26-5/h6,8,10,12,14H,7,9H2,1-5H3. The molecule has 1 aromatic carbocycles. The number of esters is 1. The number of nitrogens with zero attached hydrogens (tertiary/aromatic N) is 1. The molecule has 1 amide bonds. The van der Waals surface area contributed by atoms with Crippen molar-refractivity contribution < 1.29 is 28.6 Å². The zero-order valence-corrected chi connectivity index (χ0v) is 16.8. The Kier molecular flexibility index (Phi) is 6.36. The molecule has 0 aromatic heterocycles. The van der Waals surface area contributed by atoms with Gasteiger partial charge in [0.2, 0.25) is 0 Å². The molecule has 0 bridgehead atoms. The summed E-state index contributed by atoms with van der Waals surface area (Å²) >= 11 is 6.31. The van der Waals surface area contributed by atoms with Gasteiger partial charge in [-0.3, -0.25) is 14.5 Å². The fourth-order valence-corrected chi connectivity index (χ4v) is 3.19. The monoisotopic (exact) mass is 397 g/mol. The lowest BCUT2D eigenvalue weighted by atomic mass is 10.1. The number of rotatable bonds is 4. The lowest BCUT2D eigenvalue weighted by Gasteiger charge is -2.31. The topological polar surface area (TPSA) is 82.1 Å². The lowest BCUT2D eigenvalue weighted by Crippen LogP contribution is -2.47. The van der Waals surface area contributed by atoms with Gasteiger partial charge < -0.3 is 14.2 Å². The first-order valence-corrected chi connectivity index (χ1v) is 8.94. The summed E-state index contributed by atoms with van der Waals surface area (Å²) in [6.07, 6.45) is -0.135. The van der Waals surface area contributed by atoms with Crippen molar-refractivity contribution in [2.45, 2.75) is 45.3 Å². The molecule has 1 saturated carbocycles. The lowest BCUT2D eigenvalue weighted by molar-refractivity contribution is -0.148. The fourth-order valence-electron chi connectivity index (χ4n) is 2.98. The van der Waals surface area contributed by atoms with E-state index >= 15 is 0 Å². The van der Waals surface area contributed by atoms with E-state index in [-0.39, 0.29) is 17.1 Å². The van der Waals surface area contributed by atoms with Crippen LogP contribution in [0.4, 0.5) is 10.5 Å². The highest BCUT2D eigenvalue weighted by molar-refractivity contribution is 6.34. The number of halogens is 1. The van der Waals surface area contributed by atoms with Gasteiger partial charge in [0.15, 0.2) is 5.78 Å². The van der Waals surface area contributed by atoms with Gasteiger partial charge in [-0.25, -0.2) is 4.79 Å². The highest BCUT2D eigenvalue weighted by Crippen LogP contribution is 2.37. The average Bonchev–Trinajstić information content (AvgIpc) is 2.96. The molecule has 0 radical (unpaired) electrons. The molecule has 2 rings (SSSR count). The van der Waals surface area contributed by atoms with Crippen molar-refractivity contribution in [3.8, 4) is 5.75 Å². The maximum atomic E-state index is 12.9. The Balaban J connectivity index is 2.47. The molecule has 0 spiro atoms. The van der Waals surface area contributed by atoms with E-state index in [9.17, 15) is 14.4 Å². The van der Waals surface area contributed by atoms with E-state index in [2.05, 4.69) is 0 Å². The van der Waals surface area contributed by atoms with Crippen molar-refractivity contribution in [3.05, 3.63) is 23.2 Å². The Morgan fingerprint density at radius 3 is 2.41 bits per heavy atom. The summed E-state index contributed by atoms with van der Waals surface area (Å²) in [6.45, 7) is 5.18. The zero-order valence-electron chi connectivity index (χ0n) is 16.1. The molecule has 27 heavy (non-hydrogen) atoms. The van der Waals surface area contributed by atoms with Crippen LogP contribution >= 0.6 is 11.6 Å². The summed E-state index contributed by atoms with van der Waals surface area (Å²) in [5.74, 6) is -1.44. The molecule has 2 atom stereocenters. The second-order valence-electron chi connectivity index (χ2n) is 7.24. The average molecular weight is 398 g/mol. The van der Waals surface area contributed by atoms with Crippen molar-refractivity contribution >= 4 is 35.1 Å². The molecule has 0 N–H and O–H groups in total. The molecule has 1 aromatic rings. The number of hydrogen-bond acceptors (Lipinski definition) is 6. The molecular formula is C19H24ClNO6. The maximum Gasteiger partial charge on any atom is 0.415 e. The normalized spacial score (nSPS) is 19.6. The number of ketones is 1. The van der Waals surface area contributed by atoms with E-state index in [0.717, 1.165) is 0 Å². The van der Waals surface area contributed by atoms with Gasteiger partial charge in [-0.2, -0.15) is 0 Å². The summed E-state index contributed by atoms with van der Waals surface area (Å²) in [5.41, 5.74) is -0.487. The first kappa shape index (κ1) is 21.0. The number of Topliss-reactive ketones (excluding diaryl/α,β-unsaturated/α-hetero) is 1. The molecule has 1 aliphatic rings. The van der Waals surface area contributed by atoms with Crippen molar-refractivity contribution in [2.24, 2.45) is 5.92 Å². The first-order valence-electron chi connectivity index (χ1n) is 8.56. The quantitative estimate of drug-likeness (QED) is 0.570. The molecule has 2 unspecified atom stereocenters. The van der Waals surface area contributed by atoms with E-state index in [4.69, 9.17) is 25.8 Å². The summed E-state index contributed by atoms with van der Waals surface area (Å²) in [7, 11) is 2.71. The number of ether oxygens (including phenoxy) is 3. The molecule has 7 nitrogen and oxygen atoms in total. The van der Waals surface area contributed by atoms with Gasteiger partial charge in [0, 0.05) is 6.07 Å². The SMILES string of the molecule is COC(=O)C1CCC(N(C(=O)OC(C)(C)C)c2cc(OC)ccc2Cl)C1=O. The second kappa shape index (κ2) is 8.17. The third kappa shape index (κ3) is 4.71. The number of benzene rings is 1. The van der Waals surface area contributed by atoms with Crippen molar-refractivity contribution in [3.63, 3.8) is 0 Å². The molecule has 0 aliphatic heterocycles. The third-order valence-corrected chi connectivity index (χ3v) is 4.52. The van der Waals surface area contributed by atoms with Gasteiger partial charge in [-0.15, -0.1) is 0 Å². The van der Waals surface area contributed by atoms with Crippen LogP contribution in [0.25, 0.3) is 0 Å². The van der Waals surface area contributed by atoms with Crippen LogP contribution in [-0.4, -0.2) is 43.7 Å². The molecule has 1 aliphatic carbocycles. The number of carbonyl (C=O) groups is 3. The second-order valence-corrected chi connectivity index (χ2v) is 7.65. The van der Waals surface area contributed by atoms with Crippen LogP contribution in [0.1, 0.15) is 33.6 Å². The minimum absolute atomic E-state index is 0.260. The molecule has 148 valence electrons. The summed E-state index contributed by atoms with van der Waals surface area (Å²) in [4.78, 5) is 38.8. The van der Waals surface area contributed by atoms with Crippen LogP contribution < -0.4 is 9.64 Å². The number of anilines is 1. The number of carbonyl (C=O) groups excluding carboxylic acids is 3. The number of amides is 1. The highest BCUT2D eigenvalue weighted by atomic mass is 35.5. The molecule has 0 saturated heterocycles.